The molecule has 134 valence electrons. The number of carbonyl (C=O) groups is 1. The summed E-state index contributed by atoms with van der Waals surface area (Å²) < 4.78 is 5.67. The van der Waals surface area contributed by atoms with Crippen LogP contribution in [0.4, 0.5) is 5.69 Å². The monoisotopic (exact) mass is 366 g/mol. The highest BCUT2D eigenvalue weighted by atomic mass is 32.1. The van der Waals surface area contributed by atoms with Gasteiger partial charge < -0.3 is 10.1 Å². The molecule has 0 aliphatic rings. The Morgan fingerprint density at radius 1 is 1.12 bits per heavy atom. The molecule has 0 aliphatic carbocycles. The van der Waals surface area contributed by atoms with E-state index in [0.29, 0.717) is 6.61 Å². The van der Waals surface area contributed by atoms with Gasteiger partial charge in [0.05, 0.1) is 24.3 Å². The largest absolute Gasteiger partial charge is 0.493 e. The quantitative estimate of drug-likeness (QED) is 0.667. The number of benzene rings is 2. The number of amides is 1. The molecule has 0 bridgehead atoms. The van der Waals surface area contributed by atoms with Crippen LogP contribution in [0.1, 0.15) is 23.7 Å². The number of para-hydroxylation sites is 2. The minimum absolute atomic E-state index is 0.0580. The molecule has 4 nitrogen and oxygen atoms in total. The van der Waals surface area contributed by atoms with Crippen LogP contribution < -0.4 is 10.1 Å². The highest BCUT2D eigenvalue weighted by molar-refractivity contribution is 7.13. The summed E-state index contributed by atoms with van der Waals surface area (Å²) in [5, 5.41) is 5.81. The number of ether oxygens (including phenoxy) is 1. The first-order chi connectivity index (χ1) is 12.6. The number of rotatable bonds is 6. The van der Waals surface area contributed by atoms with Crippen molar-refractivity contribution in [3.8, 4) is 16.3 Å². The number of anilines is 1. The smallest absolute Gasteiger partial charge is 0.230 e. The molecule has 5 heteroatoms. The molecule has 0 aliphatic heterocycles. The van der Waals surface area contributed by atoms with Crippen LogP contribution in [0.2, 0.25) is 0 Å². The Bertz CT molecular complexity index is 898. The van der Waals surface area contributed by atoms with Crippen molar-refractivity contribution in [2.24, 2.45) is 0 Å². The van der Waals surface area contributed by atoms with Crippen LogP contribution in [0.5, 0.6) is 5.75 Å². The molecule has 2 aromatic carbocycles. The summed E-state index contributed by atoms with van der Waals surface area (Å²) in [7, 11) is 0. The summed E-state index contributed by atoms with van der Waals surface area (Å²) >= 11 is 1.53. The van der Waals surface area contributed by atoms with E-state index in [1.165, 1.54) is 11.3 Å². The minimum Gasteiger partial charge on any atom is -0.493 e. The second kappa shape index (κ2) is 8.15. The number of nitrogens with zero attached hydrogens (tertiary/aromatic N) is 1. The molecule has 0 fully saturated rings. The van der Waals surface area contributed by atoms with Crippen LogP contribution in [-0.2, 0) is 11.2 Å². The molecule has 1 amide bonds. The number of thiazole rings is 1. The normalized spacial score (nSPS) is 10.6. The van der Waals surface area contributed by atoms with E-state index in [1.807, 2.05) is 68.6 Å². The van der Waals surface area contributed by atoms with Crippen molar-refractivity contribution in [2.45, 2.75) is 27.2 Å². The van der Waals surface area contributed by atoms with Gasteiger partial charge in [-0.1, -0.05) is 30.3 Å². The van der Waals surface area contributed by atoms with E-state index in [2.05, 4.69) is 10.3 Å². The summed E-state index contributed by atoms with van der Waals surface area (Å²) in [5.74, 6) is 0.758. The zero-order valence-electron chi connectivity index (χ0n) is 15.2. The van der Waals surface area contributed by atoms with Crippen molar-refractivity contribution in [3.63, 3.8) is 0 Å². The van der Waals surface area contributed by atoms with Gasteiger partial charge in [0.1, 0.15) is 10.8 Å². The Labute approximate surface area is 157 Å². The van der Waals surface area contributed by atoms with Crippen LogP contribution in [-0.4, -0.2) is 17.5 Å². The van der Waals surface area contributed by atoms with Crippen molar-refractivity contribution in [3.05, 3.63) is 64.7 Å². The number of hydrogen-bond acceptors (Lipinski definition) is 4. The van der Waals surface area contributed by atoms with Crippen LogP contribution in [0, 0.1) is 13.8 Å². The van der Waals surface area contributed by atoms with Gasteiger partial charge in [-0.25, -0.2) is 4.98 Å². The van der Waals surface area contributed by atoms with Crippen molar-refractivity contribution in [1.29, 1.82) is 0 Å². The molecular formula is C21H22N2O2S. The lowest BCUT2D eigenvalue weighted by atomic mass is 10.1. The zero-order valence-corrected chi connectivity index (χ0v) is 16.0. The van der Waals surface area contributed by atoms with Gasteiger partial charge >= 0.3 is 0 Å². The number of hydrogen-bond donors (Lipinski definition) is 1. The summed E-state index contributed by atoms with van der Waals surface area (Å²) in [6.07, 6.45) is 0.251. The number of nitrogens with one attached hydrogen (secondary N) is 1. The summed E-state index contributed by atoms with van der Waals surface area (Å²) in [5.41, 5.74) is 4.72. The van der Waals surface area contributed by atoms with E-state index in [0.717, 1.165) is 38.8 Å². The molecule has 0 unspecified atom stereocenters. The molecule has 0 saturated carbocycles. The van der Waals surface area contributed by atoms with Crippen LogP contribution >= 0.6 is 11.3 Å². The molecule has 1 aromatic heterocycles. The molecule has 1 heterocycles. The summed E-state index contributed by atoms with van der Waals surface area (Å²) in [6.45, 7) is 6.55. The highest BCUT2D eigenvalue weighted by Gasteiger charge is 2.13. The molecule has 0 radical (unpaired) electrons. The van der Waals surface area contributed by atoms with Gasteiger partial charge in [0, 0.05) is 11.1 Å². The predicted molar refractivity (Wildman–Crippen MR) is 107 cm³/mol. The second-order valence-corrected chi connectivity index (χ2v) is 6.92. The van der Waals surface area contributed by atoms with Crippen LogP contribution in [0.3, 0.4) is 0 Å². The maximum atomic E-state index is 12.4. The van der Waals surface area contributed by atoms with Crippen molar-refractivity contribution >= 4 is 22.9 Å². The predicted octanol–water partition coefficient (Wildman–Crippen LogP) is 5.01. The van der Waals surface area contributed by atoms with E-state index in [1.54, 1.807) is 0 Å². The van der Waals surface area contributed by atoms with Crippen LogP contribution in [0.25, 0.3) is 10.6 Å². The zero-order chi connectivity index (χ0) is 18.5. The first kappa shape index (κ1) is 18.1. The second-order valence-electron chi connectivity index (χ2n) is 6.06. The maximum Gasteiger partial charge on any atom is 0.230 e. The van der Waals surface area contributed by atoms with Crippen LogP contribution in [0.15, 0.2) is 47.8 Å². The molecule has 0 spiro atoms. The van der Waals surface area contributed by atoms with Gasteiger partial charge in [-0.2, -0.15) is 0 Å². The summed E-state index contributed by atoms with van der Waals surface area (Å²) in [4.78, 5) is 17.1. The molecule has 0 atom stereocenters. The minimum atomic E-state index is -0.0580. The highest BCUT2D eigenvalue weighted by Crippen LogP contribution is 2.32. The Kier molecular flexibility index (Phi) is 5.68. The molecule has 26 heavy (non-hydrogen) atoms. The number of aromatic nitrogens is 1. The Hall–Kier alpha value is -2.66. The van der Waals surface area contributed by atoms with Gasteiger partial charge in [0.2, 0.25) is 5.91 Å². The average Bonchev–Trinajstić information content (AvgIpc) is 3.07. The number of carbonyl (C=O) groups excluding carboxylic acids is 1. The SMILES string of the molecule is CCOc1ccccc1-c1nc(CC(=O)Nc2c(C)cccc2C)cs1. The topological polar surface area (TPSA) is 51.2 Å². The Morgan fingerprint density at radius 2 is 1.85 bits per heavy atom. The van der Waals surface area contributed by atoms with Crippen molar-refractivity contribution in [1.82, 2.24) is 4.98 Å². The van der Waals surface area contributed by atoms with Gasteiger partial charge in [0.25, 0.3) is 0 Å². The molecule has 0 saturated heterocycles. The third-order valence-corrected chi connectivity index (χ3v) is 4.98. The molecule has 3 aromatic rings. The fourth-order valence-corrected chi connectivity index (χ4v) is 3.65. The fraction of sp³-hybridized carbons (Fsp3) is 0.238. The van der Waals surface area contributed by atoms with Gasteiger partial charge in [-0.3, -0.25) is 4.79 Å². The fourth-order valence-electron chi connectivity index (χ4n) is 2.80. The summed E-state index contributed by atoms with van der Waals surface area (Å²) in [6, 6.07) is 13.8. The van der Waals surface area contributed by atoms with Crippen molar-refractivity contribution < 1.29 is 9.53 Å². The lowest BCUT2D eigenvalue weighted by Gasteiger charge is -2.10. The van der Waals surface area contributed by atoms with E-state index in [-0.39, 0.29) is 12.3 Å². The average molecular weight is 366 g/mol. The lowest BCUT2D eigenvalue weighted by molar-refractivity contribution is -0.115. The first-order valence-electron chi connectivity index (χ1n) is 8.61. The van der Waals surface area contributed by atoms with Gasteiger partial charge in [-0.05, 0) is 44.0 Å². The van der Waals surface area contributed by atoms with E-state index >= 15 is 0 Å². The third kappa shape index (κ3) is 4.11. The number of aryl methyl sites for hydroxylation is 2. The van der Waals surface area contributed by atoms with Crippen molar-refractivity contribution in [2.75, 3.05) is 11.9 Å². The van der Waals surface area contributed by atoms with E-state index in [9.17, 15) is 4.79 Å². The first-order valence-corrected chi connectivity index (χ1v) is 9.49. The van der Waals surface area contributed by atoms with Gasteiger partial charge in [-0.15, -0.1) is 11.3 Å². The maximum absolute atomic E-state index is 12.4. The molecule has 3 rings (SSSR count). The molecule has 1 N–H and O–H groups in total. The lowest BCUT2D eigenvalue weighted by Crippen LogP contribution is -2.16. The third-order valence-electron chi connectivity index (χ3n) is 4.06. The van der Waals surface area contributed by atoms with E-state index < -0.39 is 0 Å². The van der Waals surface area contributed by atoms with E-state index in [4.69, 9.17) is 4.74 Å². The standard InChI is InChI=1S/C21H22N2O2S/c1-4-25-18-11-6-5-10-17(18)21-22-16(13-26-21)12-19(24)23-20-14(2)8-7-9-15(20)3/h5-11,13H,4,12H2,1-3H3,(H,23,24). The Balaban J connectivity index is 1.74. The Morgan fingerprint density at radius 3 is 2.58 bits per heavy atom. The van der Waals surface area contributed by atoms with Gasteiger partial charge in [0.15, 0.2) is 0 Å². The molecular weight excluding hydrogens is 344 g/mol.